The van der Waals surface area contributed by atoms with Crippen LogP contribution in [-0.4, -0.2) is 82.4 Å². The maximum atomic E-state index is 13.1. The molecule has 0 aromatic heterocycles. The molecule has 11 heteroatoms. The van der Waals surface area contributed by atoms with Crippen LogP contribution in [0.25, 0.3) is 0 Å². The van der Waals surface area contributed by atoms with E-state index in [2.05, 4.69) is 6.58 Å². The Bertz CT molecular complexity index is 988. The van der Waals surface area contributed by atoms with E-state index in [9.17, 15) is 34.5 Å². The van der Waals surface area contributed by atoms with Crippen LogP contribution in [0.5, 0.6) is 0 Å². The van der Waals surface area contributed by atoms with Crippen LogP contribution in [0.15, 0.2) is 35.5 Å². The minimum absolute atomic E-state index is 0.113. The average Bonchev–Trinajstić information content (AvgIpc) is 3.09. The summed E-state index contributed by atoms with van der Waals surface area (Å²) in [7, 11) is 1.12. The highest BCUT2D eigenvalue weighted by Crippen LogP contribution is 2.38. The highest BCUT2D eigenvalue weighted by molar-refractivity contribution is 5.93. The number of esters is 4. The van der Waals surface area contributed by atoms with Gasteiger partial charge in [0.15, 0.2) is 17.8 Å². The van der Waals surface area contributed by atoms with Crippen LogP contribution < -0.4 is 0 Å². The zero-order chi connectivity index (χ0) is 28.2. The monoisotopic (exact) mass is 524 g/mol. The second kappa shape index (κ2) is 12.0. The molecular formula is C26H36O11. The fourth-order valence-corrected chi connectivity index (χ4v) is 3.86. The number of allylic oxidation sites excluding steroid dienone is 2. The van der Waals surface area contributed by atoms with Crippen LogP contribution in [0.2, 0.25) is 0 Å². The van der Waals surface area contributed by atoms with E-state index in [1.165, 1.54) is 26.8 Å². The molecular weight excluding hydrogens is 488 g/mol. The number of rotatable bonds is 7. The van der Waals surface area contributed by atoms with Gasteiger partial charge in [-0.25, -0.2) is 14.4 Å². The SMILES string of the molecule is C=C1C(=O)O[C@H]2/C=C(\C)CC/C=C(\C(=O)OC)[C@H](OC(=O)[C@@H](C)[C@@H](C)O)[C@@H](OC(=O)[C@@](C)(O)[C@@H](C)O)[C@H]12. The summed E-state index contributed by atoms with van der Waals surface area (Å²) in [6.45, 7) is 10.5. The van der Waals surface area contributed by atoms with E-state index >= 15 is 0 Å². The van der Waals surface area contributed by atoms with Gasteiger partial charge in [-0.2, -0.15) is 0 Å². The van der Waals surface area contributed by atoms with Crippen molar-refractivity contribution < 1.29 is 53.4 Å². The summed E-state index contributed by atoms with van der Waals surface area (Å²) in [5.41, 5.74) is -1.88. The number of methoxy groups -OCH3 is 1. The van der Waals surface area contributed by atoms with Crippen molar-refractivity contribution in [2.45, 2.75) is 83.6 Å². The first kappa shape index (κ1) is 30.2. The Labute approximate surface area is 215 Å². The van der Waals surface area contributed by atoms with Crippen LogP contribution in [0.1, 0.15) is 47.5 Å². The first-order chi connectivity index (χ1) is 17.1. The Morgan fingerprint density at radius 3 is 2.35 bits per heavy atom. The summed E-state index contributed by atoms with van der Waals surface area (Å²) in [5, 5.41) is 30.4. The Hall–Kier alpha value is -3.02. The molecule has 2 rings (SSSR count). The third-order valence-electron chi connectivity index (χ3n) is 6.80. The van der Waals surface area contributed by atoms with Gasteiger partial charge < -0.3 is 34.3 Å². The molecule has 3 N–H and O–H groups in total. The van der Waals surface area contributed by atoms with Gasteiger partial charge in [0.1, 0.15) is 6.10 Å². The molecule has 0 spiro atoms. The normalized spacial score (nSPS) is 31.1. The Morgan fingerprint density at radius 2 is 1.81 bits per heavy atom. The average molecular weight is 525 g/mol. The summed E-state index contributed by atoms with van der Waals surface area (Å²) in [5.74, 6) is -6.07. The molecule has 1 heterocycles. The van der Waals surface area contributed by atoms with Gasteiger partial charge in [0.05, 0.1) is 36.7 Å². The first-order valence-electron chi connectivity index (χ1n) is 12.0. The summed E-state index contributed by atoms with van der Waals surface area (Å²) in [4.78, 5) is 51.5. The lowest BCUT2D eigenvalue weighted by atomic mass is 9.83. The van der Waals surface area contributed by atoms with Gasteiger partial charge in [-0.1, -0.05) is 18.2 Å². The van der Waals surface area contributed by atoms with Gasteiger partial charge in [0.2, 0.25) is 0 Å². The van der Waals surface area contributed by atoms with Gasteiger partial charge in [-0.3, -0.25) is 4.79 Å². The number of aliphatic hydroxyl groups is 3. The Morgan fingerprint density at radius 1 is 1.19 bits per heavy atom. The third kappa shape index (κ3) is 6.65. The molecule has 206 valence electrons. The molecule has 1 fully saturated rings. The fraction of sp³-hybridized carbons (Fsp3) is 0.615. The summed E-state index contributed by atoms with van der Waals surface area (Å²) < 4.78 is 21.7. The minimum atomic E-state index is -2.39. The molecule has 0 aromatic carbocycles. The van der Waals surface area contributed by atoms with Crippen molar-refractivity contribution in [1.82, 2.24) is 0 Å². The van der Waals surface area contributed by atoms with Gasteiger partial charge in [-0.15, -0.1) is 0 Å². The fourth-order valence-electron chi connectivity index (χ4n) is 3.86. The smallest absolute Gasteiger partial charge is 0.341 e. The van der Waals surface area contributed by atoms with Crippen molar-refractivity contribution in [3.8, 4) is 0 Å². The topological polar surface area (TPSA) is 166 Å². The number of hydrogen-bond acceptors (Lipinski definition) is 11. The number of carbonyl (C=O) groups is 4. The molecule has 0 saturated carbocycles. The van der Waals surface area contributed by atoms with Gasteiger partial charge >= 0.3 is 23.9 Å². The molecule has 8 atom stereocenters. The van der Waals surface area contributed by atoms with Gasteiger partial charge in [-0.05, 0) is 53.5 Å². The number of ether oxygens (including phenoxy) is 4. The van der Waals surface area contributed by atoms with Crippen molar-refractivity contribution in [2.75, 3.05) is 7.11 Å². The lowest BCUT2D eigenvalue weighted by molar-refractivity contribution is -0.193. The number of hydrogen-bond donors (Lipinski definition) is 3. The van der Waals surface area contributed by atoms with Crippen molar-refractivity contribution in [2.24, 2.45) is 11.8 Å². The Kier molecular flexibility index (Phi) is 9.81. The van der Waals surface area contributed by atoms with Crippen molar-refractivity contribution in [3.05, 3.63) is 35.5 Å². The molecule has 37 heavy (non-hydrogen) atoms. The molecule has 1 aliphatic heterocycles. The number of carbonyl (C=O) groups excluding carboxylic acids is 4. The summed E-state index contributed by atoms with van der Waals surface area (Å²) in [6.07, 6.45) is -3.04. The molecule has 1 aliphatic carbocycles. The summed E-state index contributed by atoms with van der Waals surface area (Å²) >= 11 is 0. The summed E-state index contributed by atoms with van der Waals surface area (Å²) in [6, 6.07) is 0. The third-order valence-corrected chi connectivity index (χ3v) is 6.80. The largest absolute Gasteiger partial charge is 0.466 e. The number of aliphatic hydroxyl groups excluding tert-OH is 2. The van der Waals surface area contributed by atoms with Crippen LogP contribution in [0.4, 0.5) is 0 Å². The predicted octanol–water partition coefficient (Wildman–Crippen LogP) is 0.896. The maximum absolute atomic E-state index is 13.1. The zero-order valence-corrected chi connectivity index (χ0v) is 21.9. The second-order valence-corrected chi connectivity index (χ2v) is 9.70. The van der Waals surface area contributed by atoms with E-state index in [4.69, 9.17) is 18.9 Å². The van der Waals surface area contributed by atoms with E-state index in [0.717, 1.165) is 19.6 Å². The van der Waals surface area contributed by atoms with Crippen LogP contribution >= 0.6 is 0 Å². The lowest BCUT2D eigenvalue weighted by Gasteiger charge is -2.36. The lowest BCUT2D eigenvalue weighted by Crippen LogP contribution is -2.53. The highest BCUT2D eigenvalue weighted by atomic mass is 16.6. The molecule has 1 saturated heterocycles. The zero-order valence-electron chi connectivity index (χ0n) is 21.9. The first-order valence-corrected chi connectivity index (χ1v) is 12.0. The molecule has 11 nitrogen and oxygen atoms in total. The molecule has 0 aromatic rings. The molecule has 2 aliphatic rings. The van der Waals surface area contributed by atoms with Crippen molar-refractivity contribution in [3.63, 3.8) is 0 Å². The highest BCUT2D eigenvalue weighted by Gasteiger charge is 2.52. The molecule has 0 radical (unpaired) electrons. The Balaban J connectivity index is 2.76. The van der Waals surface area contributed by atoms with Crippen molar-refractivity contribution >= 4 is 23.9 Å². The van der Waals surface area contributed by atoms with Gasteiger partial charge in [0, 0.05) is 5.57 Å². The molecule has 0 bridgehead atoms. The molecule has 0 unspecified atom stereocenters. The van der Waals surface area contributed by atoms with E-state index in [0.29, 0.717) is 12.8 Å². The van der Waals surface area contributed by atoms with Crippen LogP contribution in [-0.2, 0) is 38.1 Å². The van der Waals surface area contributed by atoms with Crippen LogP contribution in [0.3, 0.4) is 0 Å². The van der Waals surface area contributed by atoms with Crippen molar-refractivity contribution in [1.29, 1.82) is 0 Å². The second-order valence-electron chi connectivity index (χ2n) is 9.70. The standard InChI is InChI=1S/C26H36O11/c1-12-9-8-10-17(24(31)34-7)20(36-22(29)13(2)15(4)27)21(37-25(32)26(6,33)16(5)28)19-14(3)23(30)35-18(19)11-12/h10-11,13,15-16,18-21,27-28,33H,3,8-9H2,1-2,4-7H3/b12-11+,17-10-/t13-,15+,16+,18-,19+,20-,21-,26-/m0/s1. The van der Waals surface area contributed by atoms with Gasteiger partial charge in [0.25, 0.3) is 0 Å². The maximum Gasteiger partial charge on any atom is 0.341 e. The quantitative estimate of drug-likeness (QED) is 0.187. The van der Waals surface area contributed by atoms with E-state index in [-0.39, 0.29) is 11.1 Å². The predicted molar refractivity (Wildman–Crippen MR) is 129 cm³/mol. The van der Waals surface area contributed by atoms with E-state index < -0.39 is 71.8 Å². The van der Waals surface area contributed by atoms with Crippen LogP contribution in [0, 0.1) is 11.8 Å². The molecule has 0 amide bonds. The van der Waals surface area contributed by atoms with E-state index in [1.54, 1.807) is 13.0 Å². The minimum Gasteiger partial charge on any atom is -0.466 e. The number of fused-ring (bicyclic) bond motifs is 1. The van der Waals surface area contributed by atoms with E-state index in [1.807, 2.05) is 0 Å².